The van der Waals surface area contributed by atoms with Crippen LogP contribution in [0.1, 0.15) is 35.3 Å². The number of aromatic nitrogens is 2. The van der Waals surface area contributed by atoms with Gasteiger partial charge in [0, 0.05) is 24.4 Å². The number of rotatable bonds is 5. The lowest BCUT2D eigenvalue weighted by Gasteiger charge is -2.27. The normalized spacial score (nSPS) is 18.7. The number of carbonyl (C=O) groups is 1. The Hall–Kier alpha value is -2.51. The van der Waals surface area contributed by atoms with Crippen molar-refractivity contribution >= 4 is 27.5 Å². The van der Waals surface area contributed by atoms with Crippen molar-refractivity contribution in [2.24, 2.45) is 0 Å². The van der Waals surface area contributed by atoms with E-state index >= 15 is 0 Å². The molecule has 1 saturated heterocycles. The van der Waals surface area contributed by atoms with Crippen LogP contribution >= 0.6 is 11.3 Å². The summed E-state index contributed by atoms with van der Waals surface area (Å²) in [5, 5.41) is 0.742. The van der Waals surface area contributed by atoms with Crippen molar-refractivity contribution in [3.05, 3.63) is 63.0 Å². The molecule has 0 spiro atoms. The molecular formula is C23H25N3O3S. The summed E-state index contributed by atoms with van der Waals surface area (Å²) in [6.07, 6.45) is 5.78. The predicted octanol–water partition coefficient (Wildman–Crippen LogP) is 3.15. The first-order valence-electron chi connectivity index (χ1n) is 10.6. The number of carbonyl (C=O) groups excluding carboxylic acids is 1. The highest BCUT2D eigenvalue weighted by Gasteiger charge is 2.27. The van der Waals surface area contributed by atoms with Gasteiger partial charge in [-0.1, -0.05) is 30.3 Å². The topological polar surface area (TPSA) is 64.4 Å². The molecule has 3 aromatic rings. The molecule has 156 valence electrons. The number of nitrogens with zero attached hydrogens (tertiary/aromatic N) is 3. The van der Waals surface area contributed by atoms with Crippen molar-refractivity contribution in [2.75, 3.05) is 13.2 Å². The Bertz CT molecular complexity index is 1120. The van der Waals surface area contributed by atoms with E-state index in [1.54, 1.807) is 22.2 Å². The fourth-order valence-corrected chi connectivity index (χ4v) is 5.62. The molecule has 7 heteroatoms. The van der Waals surface area contributed by atoms with Gasteiger partial charge in [0.2, 0.25) is 5.91 Å². The third kappa shape index (κ3) is 3.79. The first-order valence-corrected chi connectivity index (χ1v) is 11.4. The molecule has 30 heavy (non-hydrogen) atoms. The Morgan fingerprint density at radius 1 is 1.27 bits per heavy atom. The average Bonchev–Trinajstić information content (AvgIpc) is 3.42. The van der Waals surface area contributed by atoms with Crippen LogP contribution < -0.4 is 5.56 Å². The van der Waals surface area contributed by atoms with Crippen molar-refractivity contribution in [3.63, 3.8) is 0 Å². The van der Waals surface area contributed by atoms with Gasteiger partial charge < -0.3 is 9.64 Å². The first kappa shape index (κ1) is 19.5. The van der Waals surface area contributed by atoms with E-state index in [2.05, 4.69) is 17.1 Å². The molecule has 1 amide bonds. The molecule has 2 aromatic heterocycles. The van der Waals surface area contributed by atoms with Crippen LogP contribution in [-0.2, 0) is 35.5 Å². The van der Waals surface area contributed by atoms with Crippen LogP contribution in [0.3, 0.4) is 0 Å². The van der Waals surface area contributed by atoms with E-state index in [1.807, 2.05) is 23.1 Å². The van der Waals surface area contributed by atoms with Gasteiger partial charge in [0.05, 0.1) is 30.9 Å². The van der Waals surface area contributed by atoms with E-state index in [-0.39, 0.29) is 17.6 Å². The number of thiophene rings is 1. The summed E-state index contributed by atoms with van der Waals surface area (Å²) >= 11 is 1.55. The minimum absolute atomic E-state index is 0.0249. The minimum atomic E-state index is 0.0249. The summed E-state index contributed by atoms with van der Waals surface area (Å²) in [4.78, 5) is 34.2. The second-order valence-corrected chi connectivity index (χ2v) is 9.16. The SMILES string of the molecule is O=C(CCc1ccccc1)N1CCc2c(sc3ncn(CC4CCCO4)c(=O)c23)C1. The van der Waals surface area contributed by atoms with Crippen LogP contribution in [0.4, 0.5) is 0 Å². The molecule has 0 radical (unpaired) electrons. The van der Waals surface area contributed by atoms with E-state index in [0.717, 1.165) is 46.5 Å². The molecule has 1 fully saturated rings. The number of amides is 1. The molecule has 0 aliphatic carbocycles. The number of fused-ring (bicyclic) bond motifs is 3. The molecule has 2 aliphatic rings. The smallest absolute Gasteiger partial charge is 0.262 e. The van der Waals surface area contributed by atoms with Gasteiger partial charge in [0.25, 0.3) is 5.56 Å². The summed E-state index contributed by atoms with van der Waals surface area (Å²) in [6, 6.07) is 10.1. The van der Waals surface area contributed by atoms with Crippen LogP contribution in [0.2, 0.25) is 0 Å². The molecule has 0 saturated carbocycles. The lowest BCUT2D eigenvalue weighted by molar-refractivity contribution is -0.132. The molecule has 1 unspecified atom stereocenters. The van der Waals surface area contributed by atoms with Crippen LogP contribution in [0.5, 0.6) is 0 Å². The quantitative estimate of drug-likeness (QED) is 0.632. The Kier molecular flexibility index (Phi) is 5.39. The molecule has 2 aliphatic heterocycles. The third-order valence-electron chi connectivity index (χ3n) is 6.07. The summed E-state index contributed by atoms with van der Waals surface area (Å²) in [7, 11) is 0. The van der Waals surface area contributed by atoms with E-state index in [0.29, 0.717) is 32.5 Å². The zero-order valence-electron chi connectivity index (χ0n) is 16.9. The van der Waals surface area contributed by atoms with Crippen molar-refractivity contribution < 1.29 is 9.53 Å². The maximum absolute atomic E-state index is 13.1. The molecule has 1 aromatic carbocycles. The summed E-state index contributed by atoms with van der Waals surface area (Å²) in [5.74, 6) is 0.172. The molecule has 0 N–H and O–H groups in total. The summed E-state index contributed by atoms with van der Waals surface area (Å²) < 4.78 is 7.38. The van der Waals surface area contributed by atoms with Crippen molar-refractivity contribution in [3.8, 4) is 0 Å². The van der Waals surface area contributed by atoms with Crippen molar-refractivity contribution in [1.82, 2.24) is 14.5 Å². The van der Waals surface area contributed by atoms with E-state index < -0.39 is 0 Å². The van der Waals surface area contributed by atoms with E-state index in [1.165, 1.54) is 5.56 Å². The lowest BCUT2D eigenvalue weighted by Crippen LogP contribution is -2.36. The number of benzene rings is 1. The van der Waals surface area contributed by atoms with E-state index in [4.69, 9.17) is 4.74 Å². The fourth-order valence-electron chi connectivity index (χ4n) is 4.42. The Balaban J connectivity index is 1.32. The zero-order valence-corrected chi connectivity index (χ0v) is 17.7. The lowest BCUT2D eigenvalue weighted by atomic mass is 10.0. The molecule has 4 heterocycles. The van der Waals surface area contributed by atoms with Gasteiger partial charge in [-0.25, -0.2) is 4.98 Å². The van der Waals surface area contributed by atoms with E-state index in [9.17, 15) is 9.59 Å². The Morgan fingerprint density at radius 3 is 2.93 bits per heavy atom. The molecular weight excluding hydrogens is 398 g/mol. The number of hydrogen-bond acceptors (Lipinski definition) is 5. The van der Waals surface area contributed by atoms with Crippen LogP contribution in [0.25, 0.3) is 10.2 Å². The van der Waals surface area contributed by atoms with Crippen LogP contribution in [0.15, 0.2) is 41.5 Å². The Morgan fingerprint density at radius 2 is 2.13 bits per heavy atom. The maximum Gasteiger partial charge on any atom is 0.262 e. The van der Waals surface area contributed by atoms with Crippen LogP contribution in [-0.4, -0.2) is 39.6 Å². The van der Waals surface area contributed by atoms with Crippen LogP contribution in [0, 0.1) is 0 Å². The summed E-state index contributed by atoms with van der Waals surface area (Å²) in [5.41, 5.74) is 2.29. The largest absolute Gasteiger partial charge is 0.376 e. The second-order valence-electron chi connectivity index (χ2n) is 8.07. The first-order chi connectivity index (χ1) is 14.7. The maximum atomic E-state index is 13.1. The number of ether oxygens (including phenoxy) is 1. The minimum Gasteiger partial charge on any atom is -0.376 e. The number of hydrogen-bond donors (Lipinski definition) is 0. The van der Waals surface area contributed by atoms with Gasteiger partial charge in [-0.05, 0) is 36.8 Å². The summed E-state index contributed by atoms with van der Waals surface area (Å²) in [6.45, 7) is 2.58. The van der Waals surface area contributed by atoms with Crippen molar-refractivity contribution in [1.29, 1.82) is 0 Å². The molecule has 5 rings (SSSR count). The highest BCUT2D eigenvalue weighted by molar-refractivity contribution is 7.18. The molecule has 6 nitrogen and oxygen atoms in total. The fraction of sp³-hybridized carbons (Fsp3) is 0.435. The highest BCUT2D eigenvalue weighted by Crippen LogP contribution is 2.32. The zero-order chi connectivity index (χ0) is 20.5. The Labute approximate surface area is 179 Å². The van der Waals surface area contributed by atoms with Gasteiger partial charge in [-0.15, -0.1) is 11.3 Å². The number of aryl methyl sites for hydroxylation is 1. The monoisotopic (exact) mass is 423 g/mol. The standard InChI is InChI=1S/C23H25N3O3S/c27-20(9-8-16-5-2-1-3-6-16)25-11-10-18-19(14-25)30-22-21(18)23(28)26(15-24-22)13-17-7-4-12-29-17/h1-3,5-6,15,17H,4,7-14H2. The highest BCUT2D eigenvalue weighted by atomic mass is 32.1. The second kappa shape index (κ2) is 8.32. The average molecular weight is 424 g/mol. The van der Waals surface area contributed by atoms with Gasteiger partial charge in [-0.2, -0.15) is 0 Å². The van der Waals surface area contributed by atoms with Gasteiger partial charge in [0.15, 0.2) is 0 Å². The predicted molar refractivity (Wildman–Crippen MR) is 117 cm³/mol. The third-order valence-corrected chi connectivity index (χ3v) is 7.20. The van der Waals surface area contributed by atoms with Gasteiger partial charge >= 0.3 is 0 Å². The van der Waals surface area contributed by atoms with Crippen molar-refractivity contribution in [2.45, 2.75) is 51.3 Å². The molecule has 0 bridgehead atoms. The molecule has 1 atom stereocenters. The van der Waals surface area contributed by atoms with Gasteiger partial charge in [0.1, 0.15) is 4.83 Å². The van der Waals surface area contributed by atoms with Gasteiger partial charge in [-0.3, -0.25) is 14.2 Å².